The van der Waals surface area contributed by atoms with Crippen LogP contribution in [0.2, 0.25) is 0 Å². The molecule has 0 spiro atoms. The number of nitrogens with zero attached hydrogens (tertiary/aromatic N) is 3. The lowest BCUT2D eigenvalue weighted by Gasteiger charge is -2.31. The summed E-state index contributed by atoms with van der Waals surface area (Å²) in [5.41, 5.74) is 2.31. The maximum atomic E-state index is 12.9. The predicted molar refractivity (Wildman–Crippen MR) is 93.9 cm³/mol. The number of nitrogens with one attached hydrogen (secondary N) is 1. The maximum absolute atomic E-state index is 12.9. The van der Waals surface area contributed by atoms with Crippen LogP contribution in [0.4, 0.5) is 10.5 Å². The van der Waals surface area contributed by atoms with Crippen LogP contribution in [0.5, 0.6) is 0 Å². The second kappa shape index (κ2) is 6.71. The van der Waals surface area contributed by atoms with Crippen molar-refractivity contribution in [2.45, 2.75) is 38.4 Å². The molecule has 0 aromatic heterocycles. The zero-order valence-corrected chi connectivity index (χ0v) is 14.7. The third-order valence-corrected chi connectivity index (χ3v) is 5.13. The van der Waals surface area contributed by atoms with Gasteiger partial charge < -0.3 is 20.0 Å². The summed E-state index contributed by atoms with van der Waals surface area (Å²) in [6.07, 6.45) is 1.56. The number of likely N-dealkylation sites (N-methyl/N-ethyl adjacent to an activating group) is 2. The number of rotatable bonds is 2. The zero-order valence-electron chi connectivity index (χ0n) is 14.7. The molecule has 1 N–H and O–H groups in total. The van der Waals surface area contributed by atoms with E-state index in [0.29, 0.717) is 19.5 Å². The minimum Gasteiger partial charge on any atom is -0.372 e. The van der Waals surface area contributed by atoms with Crippen molar-refractivity contribution in [3.63, 3.8) is 0 Å². The molecule has 24 heavy (non-hydrogen) atoms. The summed E-state index contributed by atoms with van der Waals surface area (Å²) in [6.45, 7) is 4.16. The first-order valence-corrected chi connectivity index (χ1v) is 8.62. The summed E-state index contributed by atoms with van der Waals surface area (Å²) in [4.78, 5) is 30.7. The monoisotopic (exact) mass is 330 g/mol. The summed E-state index contributed by atoms with van der Waals surface area (Å²) < 4.78 is 0. The molecule has 0 aliphatic carbocycles. The SMILES string of the molecule is CC[C@@H]1CN(C)c2ccccc2CN1C(=O)N[C@@H]1CCN(C)C1=O. The molecule has 3 rings (SSSR count). The first kappa shape index (κ1) is 16.6. The molecule has 0 unspecified atom stereocenters. The van der Waals surface area contributed by atoms with E-state index < -0.39 is 6.04 Å². The number of hydrogen-bond acceptors (Lipinski definition) is 3. The van der Waals surface area contributed by atoms with Gasteiger partial charge in [0.05, 0.1) is 6.04 Å². The van der Waals surface area contributed by atoms with Crippen molar-refractivity contribution in [2.75, 3.05) is 32.1 Å². The summed E-state index contributed by atoms with van der Waals surface area (Å²) >= 11 is 0. The first-order valence-electron chi connectivity index (χ1n) is 8.62. The molecule has 1 fully saturated rings. The van der Waals surface area contributed by atoms with Crippen molar-refractivity contribution >= 4 is 17.6 Å². The molecule has 6 heteroatoms. The maximum Gasteiger partial charge on any atom is 0.318 e. The number of likely N-dealkylation sites (tertiary alicyclic amines) is 1. The highest BCUT2D eigenvalue weighted by atomic mass is 16.2. The second-order valence-corrected chi connectivity index (χ2v) is 6.75. The molecule has 1 saturated heterocycles. The van der Waals surface area contributed by atoms with Crippen molar-refractivity contribution in [1.29, 1.82) is 0 Å². The Labute approximate surface area is 143 Å². The van der Waals surface area contributed by atoms with Gasteiger partial charge in [-0.1, -0.05) is 25.1 Å². The van der Waals surface area contributed by atoms with Crippen molar-refractivity contribution in [1.82, 2.24) is 15.1 Å². The minimum atomic E-state index is -0.392. The molecule has 0 saturated carbocycles. The van der Waals surface area contributed by atoms with Crippen molar-refractivity contribution in [3.8, 4) is 0 Å². The third kappa shape index (κ3) is 3.05. The van der Waals surface area contributed by atoms with Crippen LogP contribution >= 0.6 is 0 Å². The van der Waals surface area contributed by atoms with Crippen molar-refractivity contribution in [3.05, 3.63) is 29.8 Å². The van der Waals surface area contributed by atoms with Crippen LogP contribution in [-0.4, -0.2) is 61.0 Å². The van der Waals surface area contributed by atoms with Gasteiger partial charge in [-0.15, -0.1) is 0 Å². The Morgan fingerprint density at radius 3 is 2.67 bits per heavy atom. The first-order chi connectivity index (χ1) is 11.5. The highest BCUT2D eigenvalue weighted by Gasteiger charge is 2.34. The van der Waals surface area contributed by atoms with Gasteiger partial charge in [0.2, 0.25) is 5.91 Å². The summed E-state index contributed by atoms with van der Waals surface area (Å²) in [5, 5.41) is 2.94. The number of benzene rings is 1. The Kier molecular flexibility index (Phi) is 4.64. The van der Waals surface area contributed by atoms with Gasteiger partial charge in [-0.2, -0.15) is 0 Å². The summed E-state index contributed by atoms with van der Waals surface area (Å²) in [7, 11) is 3.85. The molecule has 130 valence electrons. The lowest BCUT2D eigenvalue weighted by molar-refractivity contribution is -0.128. The highest BCUT2D eigenvalue weighted by Crippen LogP contribution is 2.27. The van der Waals surface area contributed by atoms with E-state index in [9.17, 15) is 9.59 Å². The molecule has 2 atom stereocenters. The van der Waals surface area contributed by atoms with Crippen LogP contribution in [0, 0.1) is 0 Å². The van der Waals surface area contributed by atoms with E-state index in [1.165, 1.54) is 5.69 Å². The lowest BCUT2D eigenvalue weighted by atomic mass is 10.1. The number of para-hydroxylation sites is 1. The number of amides is 3. The zero-order chi connectivity index (χ0) is 17.3. The molecule has 0 radical (unpaired) electrons. The average Bonchev–Trinajstić information content (AvgIpc) is 2.81. The number of hydrogen-bond donors (Lipinski definition) is 1. The van der Waals surface area contributed by atoms with E-state index in [0.717, 1.165) is 18.5 Å². The fraction of sp³-hybridized carbons (Fsp3) is 0.556. The second-order valence-electron chi connectivity index (χ2n) is 6.75. The van der Waals surface area contributed by atoms with Gasteiger partial charge in [0.1, 0.15) is 6.04 Å². The molecule has 2 aliphatic rings. The van der Waals surface area contributed by atoms with Gasteiger partial charge in [-0.05, 0) is 24.5 Å². The number of fused-ring (bicyclic) bond motifs is 1. The standard InChI is InChI=1S/C18H26N4O2/c1-4-14-12-21(3)16-8-6-5-7-13(16)11-22(14)18(24)19-15-9-10-20(2)17(15)23/h5-8,14-15H,4,9-12H2,1-3H3,(H,19,24)/t14-,15-/m1/s1. The largest absolute Gasteiger partial charge is 0.372 e. The van der Waals surface area contributed by atoms with E-state index in [2.05, 4.69) is 36.3 Å². The van der Waals surface area contributed by atoms with Crippen LogP contribution < -0.4 is 10.2 Å². The molecule has 6 nitrogen and oxygen atoms in total. The fourth-order valence-corrected chi connectivity index (χ4v) is 3.62. The Morgan fingerprint density at radius 1 is 1.25 bits per heavy atom. The number of anilines is 1. The quantitative estimate of drug-likeness (QED) is 0.897. The van der Waals surface area contributed by atoms with Gasteiger partial charge >= 0.3 is 6.03 Å². The van der Waals surface area contributed by atoms with E-state index in [4.69, 9.17) is 0 Å². The molecular formula is C18H26N4O2. The smallest absolute Gasteiger partial charge is 0.318 e. The molecular weight excluding hydrogens is 304 g/mol. The number of urea groups is 1. The lowest BCUT2D eigenvalue weighted by Crippen LogP contribution is -2.52. The molecule has 2 aliphatic heterocycles. The predicted octanol–water partition coefficient (Wildman–Crippen LogP) is 1.66. The highest BCUT2D eigenvalue weighted by molar-refractivity contribution is 5.88. The Morgan fingerprint density at radius 2 is 2.00 bits per heavy atom. The Balaban J connectivity index is 1.80. The van der Waals surface area contributed by atoms with E-state index in [1.807, 2.05) is 17.0 Å². The van der Waals surface area contributed by atoms with Crippen LogP contribution in [0.3, 0.4) is 0 Å². The molecule has 0 bridgehead atoms. The summed E-state index contributed by atoms with van der Waals surface area (Å²) in [5.74, 6) is 0.00346. The fourth-order valence-electron chi connectivity index (χ4n) is 3.62. The number of carbonyl (C=O) groups is 2. The third-order valence-electron chi connectivity index (χ3n) is 5.13. The van der Waals surface area contributed by atoms with Gasteiger partial charge in [0.25, 0.3) is 0 Å². The van der Waals surface area contributed by atoms with Gasteiger partial charge in [-0.3, -0.25) is 4.79 Å². The van der Waals surface area contributed by atoms with Crippen LogP contribution in [0.15, 0.2) is 24.3 Å². The van der Waals surface area contributed by atoms with Crippen LogP contribution in [0.1, 0.15) is 25.3 Å². The average molecular weight is 330 g/mol. The van der Waals surface area contributed by atoms with E-state index in [1.54, 1.807) is 11.9 Å². The Hall–Kier alpha value is -2.24. The minimum absolute atomic E-state index is 0.00346. The van der Waals surface area contributed by atoms with E-state index >= 15 is 0 Å². The molecule has 1 aromatic rings. The topological polar surface area (TPSA) is 55.9 Å². The molecule has 3 amide bonds. The molecule has 1 aromatic carbocycles. The van der Waals surface area contributed by atoms with Crippen molar-refractivity contribution in [2.24, 2.45) is 0 Å². The molecule has 2 heterocycles. The van der Waals surface area contributed by atoms with Crippen LogP contribution in [-0.2, 0) is 11.3 Å². The summed E-state index contributed by atoms with van der Waals surface area (Å²) in [6, 6.07) is 7.79. The van der Waals surface area contributed by atoms with E-state index in [-0.39, 0.29) is 18.0 Å². The van der Waals surface area contributed by atoms with Gasteiger partial charge in [0, 0.05) is 39.4 Å². The van der Waals surface area contributed by atoms with Crippen LogP contribution in [0.25, 0.3) is 0 Å². The normalized spacial score (nSPS) is 24.0. The Bertz CT molecular complexity index is 633. The number of carbonyl (C=O) groups excluding carboxylic acids is 2. The van der Waals surface area contributed by atoms with Gasteiger partial charge in [-0.25, -0.2) is 4.79 Å². The van der Waals surface area contributed by atoms with Gasteiger partial charge in [0.15, 0.2) is 0 Å². The van der Waals surface area contributed by atoms with Crippen molar-refractivity contribution < 1.29 is 9.59 Å².